The van der Waals surface area contributed by atoms with Crippen molar-refractivity contribution < 1.29 is 17.6 Å². The predicted octanol–water partition coefficient (Wildman–Crippen LogP) is 4.65. The van der Waals surface area contributed by atoms with Gasteiger partial charge in [-0.05, 0) is 42.0 Å². The molecule has 3 rings (SSSR count). The molecule has 0 aliphatic rings. The summed E-state index contributed by atoms with van der Waals surface area (Å²) in [6.45, 7) is 0. The summed E-state index contributed by atoms with van der Waals surface area (Å²) in [5.74, 6) is -0.339. The van der Waals surface area contributed by atoms with Crippen molar-refractivity contribution in [1.29, 1.82) is 0 Å². The average molecular weight is 366 g/mol. The van der Waals surface area contributed by atoms with Gasteiger partial charge in [0.1, 0.15) is 5.82 Å². The van der Waals surface area contributed by atoms with Gasteiger partial charge in [0, 0.05) is 0 Å². The van der Waals surface area contributed by atoms with Crippen LogP contribution in [0.4, 0.5) is 17.6 Å². The Morgan fingerprint density at radius 1 is 1.08 bits per heavy atom. The number of H-pyrrole nitrogens is 1. The van der Waals surface area contributed by atoms with E-state index in [0.717, 1.165) is 12.1 Å². The molecular formula is C16H10F4N4S. The number of alkyl halides is 3. The van der Waals surface area contributed by atoms with Crippen molar-refractivity contribution >= 4 is 18.4 Å². The second-order valence-electron chi connectivity index (χ2n) is 5.01. The summed E-state index contributed by atoms with van der Waals surface area (Å²) in [6.07, 6.45) is -3.09. The average Bonchev–Trinajstić information content (AvgIpc) is 2.93. The summed E-state index contributed by atoms with van der Waals surface area (Å²) in [4.78, 5) is 0. The van der Waals surface area contributed by atoms with Crippen LogP contribution in [0.2, 0.25) is 0 Å². The van der Waals surface area contributed by atoms with E-state index in [1.165, 1.54) is 41.2 Å². The summed E-state index contributed by atoms with van der Waals surface area (Å²) in [5.41, 5.74) is -0.133. The fourth-order valence-corrected chi connectivity index (χ4v) is 2.28. The minimum Gasteiger partial charge on any atom is -0.250 e. The van der Waals surface area contributed by atoms with E-state index in [4.69, 9.17) is 12.2 Å². The van der Waals surface area contributed by atoms with Gasteiger partial charge in [-0.15, -0.1) is 0 Å². The van der Waals surface area contributed by atoms with Crippen molar-refractivity contribution in [1.82, 2.24) is 14.9 Å². The molecule has 3 aromatic rings. The fraction of sp³-hybridized carbons (Fsp3) is 0.0625. The van der Waals surface area contributed by atoms with Gasteiger partial charge in [-0.3, -0.25) is 0 Å². The second kappa shape index (κ2) is 6.60. The van der Waals surface area contributed by atoms with E-state index in [2.05, 4.69) is 15.3 Å². The van der Waals surface area contributed by atoms with Crippen molar-refractivity contribution in [3.8, 4) is 11.4 Å². The van der Waals surface area contributed by atoms with E-state index in [1.807, 2.05) is 0 Å². The van der Waals surface area contributed by atoms with Crippen molar-refractivity contribution in [3.63, 3.8) is 0 Å². The van der Waals surface area contributed by atoms with E-state index in [0.29, 0.717) is 5.56 Å². The number of halogens is 4. The van der Waals surface area contributed by atoms with Gasteiger partial charge in [0.25, 0.3) is 0 Å². The third-order valence-corrected chi connectivity index (χ3v) is 3.59. The van der Waals surface area contributed by atoms with Crippen LogP contribution in [0.3, 0.4) is 0 Å². The van der Waals surface area contributed by atoms with Gasteiger partial charge in [-0.25, -0.2) is 9.49 Å². The van der Waals surface area contributed by atoms with Crippen LogP contribution in [0.15, 0.2) is 53.6 Å². The quantitative estimate of drug-likeness (QED) is 0.417. The van der Waals surface area contributed by atoms with Crippen molar-refractivity contribution in [2.24, 2.45) is 5.10 Å². The normalized spacial score (nSPS) is 12.0. The maximum atomic E-state index is 13.9. The molecule has 0 saturated carbocycles. The summed E-state index contributed by atoms with van der Waals surface area (Å²) >= 11 is 5.06. The molecule has 9 heteroatoms. The van der Waals surface area contributed by atoms with Gasteiger partial charge in [-0.2, -0.15) is 28.0 Å². The molecule has 0 spiro atoms. The van der Waals surface area contributed by atoms with E-state index >= 15 is 0 Å². The molecule has 0 atom stereocenters. The number of rotatable bonds is 3. The molecule has 0 aliphatic carbocycles. The number of benzene rings is 2. The highest BCUT2D eigenvalue weighted by molar-refractivity contribution is 7.71. The maximum Gasteiger partial charge on any atom is 0.416 e. The Balaban J connectivity index is 1.94. The number of hydrogen-bond donors (Lipinski definition) is 1. The predicted molar refractivity (Wildman–Crippen MR) is 87.2 cm³/mol. The first-order valence-electron chi connectivity index (χ1n) is 7.00. The lowest BCUT2D eigenvalue weighted by Gasteiger charge is -2.06. The van der Waals surface area contributed by atoms with E-state index < -0.39 is 17.6 Å². The van der Waals surface area contributed by atoms with Gasteiger partial charge >= 0.3 is 6.18 Å². The van der Waals surface area contributed by atoms with Gasteiger partial charge in [-0.1, -0.05) is 24.3 Å². The summed E-state index contributed by atoms with van der Waals surface area (Å²) in [6, 6.07) is 10.4. The van der Waals surface area contributed by atoms with Crippen LogP contribution < -0.4 is 0 Å². The monoisotopic (exact) mass is 366 g/mol. The van der Waals surface area contributed by atoms with Crippen LogP contribution in [-0.2, 0) is 6.18 Å². The lowest BCUT2D eigenvalue weighted by atomic mass is 10.1. The zero-order chi connectivity index (χ0) is 18.0. The number of nitrogens with zero attached hydrogens (tertiary/aromatic N) is 3. The molecule has 1 heterocycles. The third-order valence-electron chi connectivity index (χ3n) is 3.33. The SMILES string of the molecule is Fc1ccccc1-c1n[nH]c(=S)n1/N=C\c1ccc(C(F)(F)F)cc1. The minimum atomic E-state index is -4.40. The number of nitrogens with one attached hydrogen (secondary N) is 1. The molecule has 2 aromatic carbocycles. The largest absolute Gasteiger partial charge is 0.416 e. The Hall–Kier alpha value is -2.81. The lowest BCUT2D eigenvalue weighted by molar-refractivity contribution is -0.137. The molecule has 25 heavy (non-hydrogen) atoms. The highest BCUT2D eigenvalue weighted by atomic mass is 32.1. The van der Waals surface area contributed by atoms with E-state index in [9.17, 15) is 17.6 Å². The molecular weight excluding hydrogens is 356 g/mol. The molecule has 1 aromatic heterocycles. The molecule has 0 aliphatic heterocycles. The Kier molecular flexibility index (Phi) is 4.49. The van der Waals surface area contributed by atoms with Crippen LogP contribution in [0, 0.1) is 10.6 Å². The highest BCUT2D eigenvalue weighted by Crippen LogP contribution is 2.29. The molecule has 0 bridgehead atoms. The Morgan fingerprint density at radius 2 is 1.76 bits per heavy atom. The first-order chi connectivity index (χ1) is 11.9. The standard InChI is InChI=1S/C16H10F4N4S/c17-13-4-2-1-3-12(13)14-22-23-15(25)24(14)21-9-10-5-7-11(8-6-10)16(18,19)20/h1-9H,(H,23,25)/b21-9-. The fourth-order valence-electron chi connectivity index (χ4n) is 2.10. The highest BCUT2D eigenvalue weighted by Gasteiger charge is 2.29. The van der Waals surface area contributed by atoms with E-state index in [-0.39, 0.29) is 16.2 Å². The second-order valence-corrected chi connectivity index (χ2v) is 5.40. The van der Waals surface area contributed by atoms with Gasteiger partial charge < -0.3 is 0 Å². The van der Waals surface area contributed by atoms with E-state index in [1.54, 1.807) is 6.07 Å². The minimum absolute atomic E-state index is 0.126. The number of aromatic amines is 1. The zero-order valence-corrected chi connectivity index (χ0v) is 13.3. The first-order valence-corrected chi connectivity index (χ1v) is 7.41. The molecule has 4 nitrogen and oxygen atoms in total. The molecule has 0 saturated heterocycles. The maximum absolute atomic E-state index is 13.9. The molecule has 128 valence electrons. The number of aromatic nitrogens is 3. The Bertz CT molecular complexity index is 971. The molecule has 0 fully saturated rings. The van der Waals surface area contributed by atoms with Crippen molar-refractivity contribution in [2.45, 2.75) is 6.18 Å². The third kappa shape index (κ3) is 3.66. The van der Waals surface area contributed by atoms with Crippen LogP contribution in [0.1, 0.15) is 11.1 Å². The van der Waals surface area contributed by atoms with Gasteiger partial charge in [0.15, 0.2) is 5.82 Å². The van der Waals surface area contributed by atoms with Crippen molar-refractivity contribution in [3.05, 3.63) is 70.2 Å². The Morgan fingerprint density at radius 3 is 2.40 bits per heavy atom. The lowest BCUT2D eigenvalue weighted by Crippen LogP contribution is -2.04. The zero-order valence-electron chi connectivity index (χ0n) is 12.5. The smallest absolute Gasteiger partial charge is 0.250 e. The molecule has 0 radical (unpaired) electrons. The summed E-state index contributed by atoms with van der Waals surface area (Å²) in [7, 11) is 0. The topological polar surface area (TPSA) is 46.0 Å². The number of hydrogen-bond acceptors (Lipinski definition) is 3. The van der Waals surface area contributed by atoms with Gasteiger partial charge in [0.05, 0.1) is 17.3 Å². The van der Waals surface area contributed by atoms with Crippen LogP contribution >= 0.6 is 12.2 Å². The molecule has 1 N–H and O–H groups in total. The van der Waals surface area contributed by atoms with Crippen LogP contribution in [0.25, 0.3) is 11.4 Å². The summed E-state index contributed by atoms with van der Waals surface area (Å²) in [5, 5.41) is 10.6. The van der Waals surface area contributed by atoms with Crippen LogP contribution in [-0.4, -0.2) is 21.1 Å². The summed E-state index contributed by atoms with van der Waals surface area (Å²) < 4.78 is 52.9. The molecule has 0 unspecified atom stereocenters. The van der Waals surface area contributed by atoms with Crippen molar-refractivity contribution in [2.75, 3.05) is 0 Å². The Labute approximate surface area is 144 Å². The van der Waals surface area contributed by atoms with Crippen LogP contribution in [0.5, 0.6) is 0 Å². The van der Waals surface area contributed by atoms with Gasteiger partial charge in [0.2, 0.25) is 4.77 Å². The first kappa shape index (κ1) is 17.0. The molecule has 0 amide bonds.